The molecular weight excluding hydrogens is 414 g/mol. The van der Waals surface area contributed by atoms with Crippen LogP contribution in [0.5, 0.6) is 5.75 Å². The van der Waals surface area contributed by atoms with Crippen LogP contribution in [0, 0.1) is 0 Å². The molecule has 1 heterocycles. The van der Waals surface area contributed by atoms with Gasteiger partial charge in [-0.2, -0.15) is 0 Å². The van der Waals surface area contributed by atoms with Crippen molar-refractivity contribution in [1.29, 1.82) is 0 Å². The number of ether oxygens (including phenoxy) is 1. The number of carbonyl (C=O) groups is 2. The predicted octanol–water partition coefficient (Wildman–Crippen LogP) is 4.14. The molecule has 2 aromatic carbocycles. The van der Waals surface area contributed by atoms with Gasteiger partial charge in [0.2, 0.25) is 11.1 Å². The van der Waals surface area contributed by atoms with Gasteiger partial charge in [0.15, 0.2) is 0 Å². The van der Waals surface area contributed by atoms with Gasteiger partial charge in [-0.05, 0) is 49.7 Å². The maximum absolute atomic E-state index is 12.5. The molecule has 0 aliphatic rings. The summed E-state index contributed by atoms with van der Waals surface area (Å²) in [4.78, 5) is 29.4. The van der Waals surface area contributed by atoms with Crippen molar-refractivity contribution in [2.75, 3.05) is 17.7 Å². The molecule has 1 unspecified atom stereocenters. The molecule has 0 fully saturated rings. The van der Waals surface area contributed by atoms with Gasteiger partial charge >= 0.3 is 0 Å². The Hall–Kier alpha value is -3.33. The minimum atomic E-state index is -0.376. The van der Waals surface area contributed by atoms with E-state index >= 15 is 0 Å². The highest BCUT2D eigenvalue weighted by Gasteiger charge is 2.17. The zero-order valence-corrected chi connectivity index (χ0v) is 18.5. The Morgan fingerprint density at radius 2 is 1.87 bits per heavy atom. The maximum Gasteiger partial charge on any atom is 0.255 e. The first-order valence-electron chi connectivity index (χ1n) is 9.93. The van der Waals surface area contributed by atoms with Gasteiger partial charge in [-0.25, -0.2) is 4.98 Å². The van der Waals surface area contributed by atoms with Crippen LogP contribution in [0.2, 0.25) is 0 Å². The summed E-state index contributed by atoms with van der Waals surface area (Å²) in [5.74, 6) is 0.968. The number of nitrogens with one attached hydrogen (secondary N) is 3. The summed E-state index contributed by atoms with van der Waals surface area (Å²) < 4.78 is 5.25. The van der Waals surface area contributed by atoms with Crippen LogP contribution >= 0.6 is 11.8 Å². The SMILES string of the molecule is CCCc1nc(SC(C)C(=O)Nc2ccc(C(=O)Nc3ccccc3OC)cc2)n[nH]1. The molecule has 31 heavy (non-hydrogen) atoms. The van der Waals surface area contributed by atoms with Crippen LogP contribution < -0.4 is 15.4 Å². The van der Waals surface area contributed by atoms with Crippen molar-refractivity contribution >= 4 is 35.0 Å². The van der Waals surface area contributed by atoms with E-state index in [-0.39, 0.29) is 17.1 Å². The maximum atomic E-state index is 12.5. The summed E-state index contributed by atoms with van der Waals surface area (Å²) in [6.07, 6.45) is 1.80. The zero-order valence-electron chi connectivity index (χ0n) is 17.6. The van der Waals surface area contributed by atoms with Crippen molar-refractivity contribution in [3.05, 3.63) is 59.9 Å². The summed E-state index contributed by atoms with van der Waals surface area (Å²) in [5, 5.41) is 12.9. The third-order valence-electron chi connectivity index (χ3n) is 4.42. The number of hydrogen-bond donors (Lipinski definition) is 3. The molecule has 3 aromatic rings. The number of benzene rings is 2. The first-order valence-corrected chi connectivity index (χ1v) is 10.8. The van der Waals surface area contributed by atoms with Crippen molar-refractivity contribution in [3.63, 3.8) is 0 Å². The quantitative estimate of drug-likeness (QED) is 0.433. The van der Waals surface area contributed by atoms with Gasteiger partial charge < -0.3 is 15.4 Å². The van der Waals surface area contributed by atoms with Crippen LogP contribution in [0.15, 0.2) is 53.7 Å². The van der Waals surface area contributed by atoms with E-state index < -0.39 is 0 Å². The lowest BCUT2D eigenvalue weighted by Crippen LogP contribution is -2.22. The van der Waals surface area contributed by atoms with Gasteiger partial charge in [0.25, 0.3) is 5.91 Å². The zero-order chi connectivity index (χ0) is 22.2. The van der Waals surface area contributed by atoms with E-state index in [9.17, 15) is 9.59 Å². The van der Waals surface area contributed by atoms with Crippen LogP contribution in [0.4, 0.5) is 11.4 Å². The minimum Gasteiger partial charge on any atom is -0.495 e. The first kappa shape index (κ1) is 22.4. The van der Waals surface area contributed by atoms with Crippen molar-refractivity contribution in [3.8, 4) is 5.75 Å². The number of hydrogen-bond acceptors (Lipinski definition) is 6. The van der Waals surface area contributed by atoms with Crippen LogP contribution in [0.3, 0.4) is 0 Å². The smallest absolute Gasteiger partial charge is 0.255 e. The molecule has 0 saturated heterocycles. The molecule has 3 N–H and O–H groups in total. The van der Waals surface area contributed by atoms with Crippen molar-refractivity contribution in [2.45, 2.75) is 37.1 Å². The lowest BCUT2D eigenvalue weighted by Gasteiger charge is -2.12. The Bertz CT molecular complexity index is 1040. The van der Waals surface area contributed by atoms with Crippen molar-refractivity contribution in [2.24, 2.45) is 0 Å². The highest BCUT2D eigenvalue weighted by molar-refractivity contribution is 8.00. The van der Waals surface area contributed by atoms with Gasteiger partial charge in [0.05, 0.1) is 18.0 Å². The van der Waals surface area contributed by atoms with Crippen LogP contribution in [-0.2, 0) is 11.2 Å². The fraction of sp³-hybridized carbons (Fsp3) is 0.273. The standard InChI is InChI=1S/C22H25N5O3S/c1-4-7-19-25-22(27-26-19)31-14(2)20(28)23-16-12-10-15(11-13-16)21(29)24-17-8-5-6-9-18(17)30-3/h5-6,8-14H,4,7H2,1-3H3,(H,23,28)(H,24,29)(H,25,26,27). The summed E-state index contributed by atoms with van der Waals surface area (Å²) in [7, 11) is 1.55. The molecule has 0 aliphatic heterocycles. The number of aromatic amines is 1. The third-order valence-corrected chi connectivity index (χ3v) is 5.38. The number of H-pyrrole nitrogens is 1. The molecule has 9 heteroatoms. The topological polar surface area (TPSA) is 109 Å². The second-order valence-corrected chi connectivity index (χ2v) is 8.10. The Labute approximate surface area is 185 Å². The van der Waals surface area contributed by atoms with Gasteiger partial charge in [-0.1, -0.05) is 30.8 Å². The molecular formula is C22H25N5O3S. The van der Waals surface area contributed by atoms with Gasteiger partial charge in [0, 0.05) is 17.7 Å². The molecule has 1 aromatic heterocycles. The number of aromatic nitrogens is 3. The van der Waals surface area contributed by atoms with Crippen LogP contribution in [-0.4, -0.2) is 39.4 Å². The fourth-order valence-corrected chi connectivity index (χ4v) is 3.53. The summed E-state index contributed by atoms with van der Waals surface area (Å²) in [6.45, 7) is 3.86. The number of methoxy groups -OCH3 is 1. The van der Waals surface area contributed by atoms with E-state index in [4.69, 9.17) is 4.74 Å². The predicted molar refractivity (Wildman–Crippen MR) is 122 cm³/mol. The van der Waals surface area contributed by atoms with E-state index in [2.05, 4.69) is 32.7 Å². The Morgan fingerprint density at radius 1 is 1.13 bits per heavy atom. The highest BCUT2D eigenvalue weighted by atomic mass is 32.2. The van der Waals surface area contributed by atoms with Crippen molar-refractivity contribution < 1.29 is 14.3 Å². The average molecular weight is 440 g/mol. The lowest BCUT2D eigenvalue weighted by molar-refractivity contribution is -0.115. The number of rotatable bonds is 9. The number of nitrogens with zero attached hydrogens (tertiary/aromatic N) is 2. The van der Waals surface area contributed by atoms with E-state index in [1.165, 1.54) is 11.8 Å². The van der Waals surface area contributed by atoms with Gasteiger partial charge in [-0.15, -0.1) is 5.10 Å². The Kier molecular flexibility index (Phi) is 7.66. The normalized spacial score (nSPS) is 11.6. The number of anilines is 2. The summed E-state index contributed by atoms with van der Waals surface area (Å²) in [6, 6.07) is 13.9. The number of para-hydroxylation sites is 2. The number of aryl methyl sites for hydroxylation is 1. The molecule has 0 aliphatic carbocycles. The molecule has 162 valence electrons. The van der Waals surface area contributed by atoms with Crippen molar-refractivity contribution in [1.82, 2.24) is 15.2 Å². The fourth-order valence-electron chi connectivity index (χ4n) is 2.78. The molecule has 0 radical (unpaired) electrons. The number of thioether (sulfide) groups is 1. The Morgan fingerprint density at radius 3 is 2.58 bits per heavy atom. The number of carbonyl (C=O) groups excluding carboxylic acids is 2. The van der Waals surface area contributed by atoms with E-state index in [1.54, 1.807) is 50.4 Å². The number of amides is 2. The summed E-state index contributed by atoms with van der Waals surface area (Å²) >= 11 is 1.29. The van der Waals surface area contributed by atoms with Gasteiger partial charge in [0.1, 0.15) is 11.6 Å². The average Bonchev–Trinajstić information content (AvgIpc) is 3.21. The molecule has 0 saturated carbocycles. The monoisotopic (exact) mass is 439 g/mol. The molecule has 1 atom stereocenters. The Balaban J connectivity index is 1.56. The van der Waals surface area contributed by atoms with Crippen LogP contribution in [0.1, 0.15) is 36.5 Å². The second kappa shape index (κ2) is 10.6. The molecule has 2 amide bonds. The molecule has 3 rings (SSSR count). The second-order valence-electron chi connectivity index (χ2n) is 6.80. The molecule has 0 bridgehead atoms. The minimum absolute atomic E-state index is 0.168. The molecule has 0 spiro atoms. The highest BCUT2D eigenvalue weighted by Crippen LogP contribution is 2.24. The molecule has 8 nitrogen and oxygen atoms in total. The van der Waals surface area contributed by atoms with E-state index in [0.717, 1.165) is 18.7 Å². The van der Waals surface area contributed by atoms with E-state index in [1.807, 2.05) is 12.1 Å². The van der Waals surface area contributed by atoms with E-state index in [0.29, 0.717) is 27.8 Å². The largest absolute Gasteiger partial charge is 0.495 e. The third kappa shape index (κ3) is 6.08. The van der Waals surface area contributed by atoms with Crippen LogP contribution in [0.25, 0.3) is 0 Å². The summed E-state index contributed by atoms with van der Waals surface area (Å²) in [5.41, 5.74) is 1.66. The van der Waals surface area contributed by atoms with Gasteiger partial charge in [-0.3, -0.25) is 14.7 Å². The first-order chi connectivity index (χ1) is 15.0. The lowest BCUT2D eigenvalue weighted by atomic mass is 10.2.